The maximum absolute atomic E-state index is 12.8. The largest absolute Gasteiger partial charge is 0.484 e. The predicted molar refractivity (Wildman–Crippen MR) is 95.4 cm³/mol. The summed E-state index contributed by atoms with van der Waals surface area (Å²) in [5.41, 5.74) is 0. The van der Waals surface area contributed by atoms with Crippen LogP contribution in [0.25, 0.3) is 0 Å². The molecule has 6 nitrogen and oxygen atoms in total. The minimum absolute atomic E-state index is 0. The lowest BCUT2D eigenvalue weighted by Crippen LogP contribution is -2.53. The maximum Gasteiger partial charge on any atom is 0.260 e. The van der Waals surface area contributed by atoms with Crippen LogP contribution in [-0.4, -0.2) is 68.0 Å². The third-order valence-electron chi connectivity index (χ3n) is 4.05. The summed E-state index contributed by atoms with van der Waals surface area (Å²) in [5.74, 6) is 0.0224. The van der Waals surface area contributed by atoms with Crippen LogP contribution in [0.2, 0.25) is 0 Å². The number of carbonyl (C=O) groups excluding carboxylic acids is 2. The van der Waals surface area contributed by atoms with E-state index >= 15 is 0 Å². The molecule has 1 aliphatic heterocycles. The van der Waals surface area contributed by atoms with E-state index in [0.717, 1.165) is 0 Å². The van der Waals surface area contributed by atoms with E-state index in [1.165, 1.54) is 24.3 Å². The van der Waals surface area contributed by atoms with Crippen molar-refractivity contribution in [3.05, 3.63) is 30.1 Å². The van der Waals surface area contributed by atoms with E-state index in [-0.39, 0.29) is 42.6 Å². The molecular weight excluding hydrogens is 349 g/mol. The van der Waals surface area contributed by atoms with Gasteiger partial charge >= 0.3 is 0 Å². The lowest BCUT2D eigenvalue weighted by atomic mass is 10.1. The molecular formula is C17H25ClFN3O3. The van der Waals surface area contributed by atoms with E-state index in [2.05, 4.69) is 5.32 Å². The first-order valence-corrected chi connectivity index (χ1v) is 8.10. The third kappa shape index (κ3) is 6.17. The molecule has 8 heteroatoms. The molecule has 2 rings (SSSR count). The second kappa shape index (κ2) is 10.2. The Labute approximate surface area is 153 Å². The lowest BCUT2D eigenvalue weighted by Gasteiger charge is -2.36. The van der Waals surface area contributed by atoms with Crippen molar-refractivity contribution < 1.29 is 18.7 Å². The highest BCUT2D eigenvalue weighted by atomic mass is 35.5. The number of piperazine rings is 1. The van der Waals surface area contributed by atoms with Crippen molar-refractivity contribution in [2.45, 2.75) is 6.92 Å². The molecule has 1 aromatic rings. The number of rotatable bonds is 6. The Morgan fingerprint density at radius 1 is 1.16 bits per heavy atom. The monoisotopic (exact) mass is 373 g/mol. The normalized spacial score (nSPS) is 15.3. The Morgan fingerprint density at radius 3 is 2.28 bits per heavy atom. The molecule has 1 atom stereocenters. The van der Waals surface area contributed by atoms with Crippen LogP contribution < -0.4 is 10.1 Å². The first-order valence-electron chi connectivity index (χ1n) is 8.10. The molecule has 1 heterocycles. The fourth-order valence-electron chi connectivity index (χ4n) is 2.65. The van der Waals surface area contributed by atoms with Gasteiger partial charge in [-0.2, -0.15) is 0 Å². The number of ether oxygens (including phenoxy) is 1. The summed E-state index contributed by atoms with van der Waals surface area (Å²) in [6, 6.07) is 5.55. The Bertz CT molecular complexity index is 563. The molecule has 140 valence electrons. The Morgan fingerprint density at radius 2 is 1.72 bits per heavy atom. The smallest absolute Gasteiger partial charge is 0.260 e. The second-order valence-corrected chi connectivity index (χ2v) is 5.91. The van der Waals surface area contributed by atoms with Crippen LogP contribution in [0, 0.1) is 11.7 Å². The van der Waals surface area contributed by atoms with Crippen molar-refractivity contribution in [2.75, 3.05) is 46.4 Å². The SMILES string of the molecule is CNCC(C)C(=O)N1CCN(C(=O)COc2ccc(F)cc2)CC1.Cl. The number of carbonyl (C=O) groups is 2. The molecule has 0 saturated carbocycles. The second-order valence-electron chi connectivity index (χ2n) is 5.91. The van der Waals surface area contributed by atoms with Crippen LogP contribution in [0.3, 0.4) is 0 Å². The summed E-state index contributed by atoms with van der Waals surface area (Å²) >= 11 is 0. The summed E-state index contributed by atoms with van der Waals surface area (Å²) in [5, 5.41) is 3.00. The first-order chi connectivity index (χ1) is 11.5. The molecule has 25 heavy (non-hydrogen) atoms. The summed E-state index contributed by atoms with van der Waals surface area (Å²) < 4.78 is 18.2. The van der Waals surface area contributed by atoms with E-state index in [9.17, 15) is 14.0 Å². The number of nitrogens with zero attached hydrogens (tertiary/aromatic N) is 2. The molecule has 1 aromatic carbocycles. The fraction of sp³-hybridized carbons (Fsp3) is 0.529. The minimum Gasteiger partial charge on any atom is -0.484 e. The zero-order valence-corrected chi connectivity index (χ0v) is 15.4. The van der Waals surface area contributed by atoms with E-state index in [0.29, 0.717) is 38.5 Å². The van der Waals surface area contributed by atoms with Gasteiger partial charge in [0.25, 0.3) is 5.91 Å². The molecule has 0 radical (unpaired) electrons. The van der Waals surface area contributed by atoms with Crippen LogP contribution >= 0.6 is 12.4 Å². The van der Waals surface area contributed by atoms with Crippen LogP contribution in [0.1, 0.15) is 6.92 Å². The first kappa shape index (κ1) is 21.2. The Kier molecular flexibility index (Phi) is 8.65. The average molecular weight is 374 g/mol. The van der Waals surface area contributed by atoms with Crippen molar-refractivity contribution in [3.8, 4) is 5.75 Å². The molecule has 1 aliphatic rings. The molecule has 0 bridgehead atoms. The van der Waals surface area contributed by atoms with Gasteiger partial charge in [0.15, 0.2) is 6.61 Å². The van der Waals surface area contributed by atoms with Crippen molar-refractivity contribution in [1.82, 2.24) is 15.1 Å². The third-order valence-corrected chi connectivity index (χ3v) is 4.05. The van der Waals surface area contributed by atoms with Gasteiger partial charge in [-0.3, -0.25) is 9.59 Å². The van der Waals surface area contributed by atoms with Gasteiger partial charge in [-0.1, -0.05) is 6.92 Å². The van der Waals surface area contributed by atoms with E-state index in [1.54, 1.807) is 9.80 Å². The summed E-state index contributed by atoms with van der Waals surface area (Å²) in [7, 11) is 1.82. The van der Waals surface area contributed by atoms with Crippen molar-refractivity contribution in [1.29, 1.82) is 0 Å². The molecule has 1 saturated heterocycles. The van der Waals surface area contributed by atoms with Gasteiger partial charge in [-0.05, 0) is 31.3 Å². The molecule has 2 amide bonds. The highest BCUT2D eigenvalue weighted by Gasteiger charge is 2.26. The Hall–Kier alpha value is -1.86. The van der Waals surface area contributed by atoms with Crippen LogP contribution in [-0.2, 0) is 9.59 Å². The van der Waals surface area contributed by atoms with Gasteiger partial charge in [0.1, 0.15) is 11.6 Å². The van der Waals surface area contributed by atoms with Gasteiger partial charge in [0, 0.05) is 38.6 Å². The van der Waals surface area contributed by atoms with E-state index < -0.39 is 0 Å². The number of halogens is 2. The van der Waals surface area contributed by atoms with Gasteiger partial charge in [-0.25, -0.2) is 4.39 Å². The topological polar surface area (TPSA) is 61.9 Å². The van der Waals surface area contributed by atoms with Crippen molar-refractivity contribution in [3.63, 3.8) is 0 Å². The maximum atomic E-state index is 12.8. The summed E-state index contributed by atoms with van der Waals surface area (Å²) in [6.45, 7) is 4.53. The van der Waals surface area contributed by atoms with Crippen LogP contribution in [0.15, 0.2) is 24.3 Å². The predicted octanol–water partition coefficient (Wildman–Crippen LogP) is 1.15. The lowest BCUT2D eigenvalue weighted by molar-refractivity contribution is -0.142. The summed E-state index contributed by atoms with van der Waals surface area (Å²) in [4.78, 5) is 27.9. The highest BCUT2D eigenvalue weighted by Crippen LogP contribution is 2.12. The fourth-order valence-corrected chi connectivity index (χ4v) is 2.65. The number of hydrogen-bond donors (Lipinski definition) is 1. The average Bonchev–Trinajstić information content (AvgIpc) is 2.60. The molecule has 1 N–H and O–H groups in total. The Balaban J connectivity index is 0.00000312. The standard InChI is InChI=1S/C17H24FN3O3.ClH/c1-13(11-19-2)17(23)21-9-7-20(8-10-21)16(22)12-24-15-5-3-14(18)4-6-15;/h3-6,13,19H,7-12H2,1-2H3;1H. The quantitative estimate of drug-likeness (QED) is 0.812. The number of hydrogen-bond acceptors (Lipinski definition) is 4. The molecule has 1 fully saturated rings. The van der Waals surface area contributed by atoms with Gasteiger partial charge in [-0.15, -0.1) is 12.4 Å². The number of amides is 2. The molecule has 0 aromatic heterocycles. The van der Waals surface area contributed by atoms with Crippen molar-refractivity contribution in [2.24, 2.45) is 5.92 Å². The van der Waals surface area contributed by atoms with Gasteiger partial charge in [0.2, 0.25) is 5.91 Å². The van der Waals surface area contributed by atoms with Gasteiger partial charge in [0.05, 0.1) is 0 Å². The van der Waals surface area contributed by atoms with Gasteiger partial charge < -0.3 is 19.9 Å². The zero-order valence-electron chi connectivity index (χ0n) is 14.5. The molecule has 0 spiro atoms. The summed E-state index contributed by atoms with van der Waals surface area (Å²) in [6.07, 6.45) is 0. The van der Waals surface area contributed by atoms with E-state index in [4.69, 9.17) is 4.74 Å². The van der Waals surface area contributed by atoms with E-state index in [1.807, 2.05) is 14.0 Å². The number of nitrogens with one attached hydrogen (secondary N) is 1. The van der Waals surface area contributed by atoms with Crippen LogP contribution in [0.4, 0.5) is 4.39 Å². The zero-order chi connectivity index (χ0) is 17.5. The minimum atomic E-state index is -0.345. The van der Waals surface area contributed by atoms with Crippen LogP contribution in [0.5, 0.6) is 5.75 Å². The molecule has 0 aliphatic carbocycles. The van der Waals surface area contributed by atoms with Crippen molar-refractivity contribution >= 4 is 24.2 Å². The molecule has 1 unspecified atom stereocenters. The number of benzene rings is 1. The highest BCUT2D eigenvalue weighted by molar-refractivity contribution is 5.85.